The van der Waals surface area contributed by atoms with Gasteiger partial charge < -0.3 is 10.6 Å². The number of nitrogens with one attached hydrogen (secondary N) is 2. The molecule has 1 aromatic heterocycles. The quantitative estimate of drug-likeness (QED) is 0.880. The number of anilines is 1. The zero-order valence-corrected chi connectivity index (χ0v) is 12.0. The minimum absolute atomic E-state index is 0. The van der Waals surface area contributed by atoms with E-state index in [0.29, 0.717) is 5.13 Å². The second-order valence-corrected chi connectivity index (χ2v) is 4.68. The Labute approximate surface area is 117 Å². The average Bonchev–Trinajstić information content (AvgIpc) is 2.65. The normalized spacial score (nSPS) is 18.8. The van der Waals surface area contributed by atoms with E-state index in [1.807, 2.05) is 12.3 Å². The monoisotopic (exact) mass is 297 g/mol. The molecule has 0 aliphatic carbocycles. The Balaban J connectivity index is 0.00000128. The second kappa shape index (κ2) is 7.87. The van der Waals surface area contributed by atoms with Gasteiger partial charge in [-0.25, -0.2) is 4.98 Å². The summed E-state index contributed by atoms with van der Waals surface area (Å²) in [5.74, 6) is 0.194. The lowest BCUT2D eigenvalue weighted by atomic mass is 9.99. The molecule has 0 bridgehead atoms. The van der Waals surface area contributed by atoms with Crippen LogP contribution in [-0.2, 0) is 4.79 Å². The maximum atomic E-state index is 11.8. The first kappa shape index (κ1) is 16.6. The Bertz CT molecular complexity index is 353. The number of amides is 1. The zero-order chi connectivity index (χ0) is 10.7. The van der Waals surface area contributed by atoms with Gasteiger partial charge in [0.05, 0.1) is 11.6 Å². The van der Waals surface area contributed by atoms with Gasteiger partial charge in [-0.05, 0) is 26.3 Å². The van der Waals surface area contributed by atoms with Crippen LogP contribution in [-0.4, -0.2) is 24.0 Å². The number of piperidine rings is 1. The van der Waals surface area contributed by atoms with Crippen LogP contribution in [0.1, 0.15) is 18.5 Å². The fraction of sp³-hybridized carbons (Fsp3) is 0.600. The molecule has 1 aromatic rings. The largest absolute Gasteiger partial charge is 0.316 e. The predicted octanol–water partition coefficient (Wildman–Crippen LogP) is 2.23. The van der Waals surface area contributed by atoms with Crippen molar-refractivity contribution in [3.05, 3.63) is 11.1 Å². The summed E-state index contributed by atoms with van der Waals surface area (Å²) in [6.07, 6.45) is 2.05. The van der Waals surface area contributed by atoms with E-state index in [-0.39, 0.29) is 36.6 Å². The van der Waals surface area contributed by atoms with Crippen LogP contribution < -0.4 is 10.6 Å². The van der Waals surface area contributed by atoms with Crippen molar-refractivity contribution in [2.75, 3.05) is 18.4 Å². The van der Waals surface area contributed by atoms with Gasteiger partial charge in [0.15, 0.2) is 5.13 Å². The van der Waals surface area contributed by atoms with E-state index in [4.69, 9.17) is 0 Å². The fourth-order valence-electron chi connectivity index (χ4n) is 1.69. The predicted molar refractivity (Wildman–Crippen MR) is 75.6 cm³/mol. The maximum Gasteiger partial charge on any atom is 0.230 e. The Morgan fingerprint density at radius 3 is 2.88 bits per heavy atom. The van der Waals surface area contributed by atoms with Gasteiger partial charge in [0.2, 0.25) is 5.91 Å². The third-order valence-corrected chi connectivity index (χ3v) is 3.39. The highest BCUT2D eigenvalue weighted by Crippen LogP contribution is 2.17. The number of halogens is 2. The average molecular weight is 298 g/mol. The van der Waals surface area contributed by atoms with E-state index in [9.17, 15) is 4.79 Å². The number of nitrogens with zero attached hydrogens (tertiary/aromatic N) is 1. The molecule has 2 N–H and O–H groups in total. The smallest absolute Gasteiger partial charge is 0.230 e. The van der Waals surface area contributed by atoms with Crippen LogP contribution in [0.4, 0.5) is 5.13 Å². The number of carbonyl (C=O) groups is 1. The first-order valence-electron chi connectivity index (χ1n) is 5.19. The van der Waals surface area contributed by atoms with Gasteiger partial charge in [0.25, 0.3) is 0 Å². The number of hydrogen-bond donors (Lipinski definition) is 2. The van der Waals surface area contributed by atoms with E-state index >= 15 is 0 Å². The van der Waals surface area contributed by atoms with Crippen LogP contribution >= 0.6 is 36.2 Å². The Hall–Kier alpha value is -0.360. The summed E-state index contributed by atoms with van der Waals surface area (Å²) < 4.78 is 0. The molecule has 0 saturated carbocycles. The van der Waals surface area contributed by atoms with E-state index < -0.39 is 0 Å². The lowest BCUT2D eigenvalue weighted by Gasteiger charge is -2.21. The molecule has 1 amide bonds. The molecule has 1 aliphatic heterocycles. The summed E-state index contributed by atoms with van der Waals surface area (Å²) in [5, 5.41) is 8.74. The summed E-state index contributed by atoms with van der Waals surface area (Å²) in [6.45, 7) is 3.74. The highest BCUT2D eigenvalue weighted by molar-refractivity contribution is 7.13. The van der Waals surface area contributed by atoms with Crippen LogP contribution in [0.25, 0.3) is 0 Å². The molecular formula is C10H17Cl2N3OS. The molecule has 7 heteroatoms. The standard InChI is InChI=1S/C10H15N3OS.2ClH/c1-7-6-15-10(12-7)13-9(14)8-3-2-4-11-5-8;;/h6,8,11H,2-5H2,1H3,(H,12,13,14);2*1H. The third-order valence-electron chi connectivity index (χ3n) is 2.52. The molecule has 2 rings (SSSR count). The number of thiazole rings is 1. The van der Waals surface area contributed by atoms with Crippen molar-refractivity contribution in [2.24, 2.45) is 5.92 Å². The SMILES string of the molecule is Cc1csc(NC(=O)C2CCCNC2)n1.Cl.Cl. The van der Waals surface area contributed by atoms with E-state index in [1.165, 1.54) is 11.3 Å². The lowest BCUT2D eigenvalue weighted by molar-refractivity contribution is -0.120. The van der Waals surface area contributed by atoms with E-state index in [0.717, 1.165) is 31.6 Å². The Morgan fingerprint density at radius 1 is 1.59 bits per heavy atom. The van der Waals surface area contributed by atoms with Gasteiger partial charge >= 0.3 is 0 Å². The minimum atomic E-state index is 0. The van der Waals surface area contributed by atoms with Crippen molar-refractivity contribution < 1.29 is 4.79 Å². The van der Waals surface area contributed by atoms with Crippen LogP contribution in [0.2, 0.25) is 0 Å². The minimum Gasteiger partial charge on any atom is -0.316 e. The van der Waals surface area contributed by atoms with Crippen molar-refractivity contribution in [2.45, 2.75) is 19.8 Å². The summed E-state index contributed by atoms with van der Waals surface area (Å²) >= 11 is 1.48. The number of hydrogen-bond acceptors (Lipinski definition) is 4. The molecule has 17 heavy (non-hydrogen) atoms. The van der Waals surface area contributed by atoms with Crippen LogP contribution in [0, 0.1) is 12.8 Å². The Morgan fingerprint density at radius 2 is 2.35 bits per heavy atom. The third kappa shape index (κ3) is 4.79. The van der Waals surface area contributed by atoms with Crippen LogP contribution in [0.5, 0.6) is 0 Å². The molecular weight excluding hydrogens is 281 g/mol. The van der Waals surface area contributed by atoms with Gasteiger partial charge in [-0.2, -0.15) is 0 Å². The molecule has 1 fully saturated rings. The lowest BCUT2D eigenvalue weighted by Crippen LogP contribution is -2.37. The van der Waals surface area contributed by atoms with Gasteiger partial charge in [0.1, 0.15) is 0 Å². The van der Waals surface area contributed by atoms with Gasteiger partial charge in [0, 0.05) is 11.9 Å². The summed E-state index contributed by atoms with van der Waals surface area (Å²) in [5.41, 5.74) is 0.956. The topological polar surface area (TPSA) is 54.0 Å². The molecule has 1 aliphatic rings. The van der Waals surface area contributed by atoms with Crippen LogP contribution in [0.3, 0.4) is 0 Å². The highest BCUT2D eigenvalue weighted by atomic mass is 35.5. The van der Waals surface area contributed by atoms with Gasteiger partial charge in [-0.3, -0.25) is 4.79 Å². The summed E-state index contributed by atoms with van der Waals surface area (Å²) in [6, 6.07) is 0. The van der Waals surface area contributed by atoms with Crippen molar-refractivity contribution >= 4 is 47.2 Å². The number of aromatic nitrogens is 1. The number of carbonyl (C=O) groups excluding carboxylic acids is 1. The number of rotatable bonds is 2. The van der Waals surface area contributed by atoms with Crippen molar-refractivity contribution in [3.63, 3.8) is 0 Å². The molecule has 1 atom stereocenters. The molecule has 2 heterocycles. The molecule has 4 nitrogen and oxygen atoms in total. The Kier molecular flexibility index (Phi) is 7.70. The van der Waals surface area contributed by atoms with Crippen molar-refractivity contribution in [3.8, 4) is 0 Å². The highest BCUT2D eigenvalue weighted by Gasteiger charge is 2.21. The first-order chi connectivity index (χ1) is 7.25. The second-order valence-electron chi connectivity index (χ2n) is 3.83. The summed E-state index contributed by atoms with van der Waals surface area (Å²) in [7, 11) is 0. The van der Waals surface area contributed by atoms with Gasteiger partial charge in [-0.15, -0.1) is 36.2 Å². The first-order valence-corrected chi connectivity index (χ1v) is 6.07. The molecule has 0 aromatic carbocycles. The van der Waals surface area contributed by atoms with Crippen molar-refractivity contribution in [1.29, 1.82) is 0 Å². The maximum absolute atomic E-state index is 11.8. The van der Waals surface area contributed by atoms with Crippen molar-refractivity contribution in [1.82, 2.24) is 10.3 Å². The molecule has 98 valence electrons. The zero-order valence-electron chi connectivity index (χ0n) is 9.56. The molecule has 1 saturated heterocycles. The summed E-state index contributed by atoms with van der Waals surface area (Å²) in [4.78, 5) is 16.0. The molecule has 1 unspecified atom stereocenters. The van der Waals surface area contributed by atoms with E-state index in [2.05, 4.69) is 15.6 Å². The van der Waals surface area contributed by atoms with E-state index in [1.54, 1.807) is 0 Å². The van der Waals surface area contributed by atoms with Gasteiger partial charge in [-0.1, -0.05) is 0 Å². The van der Waals surface area contributed by atoms with Crippen LogP contribution in [0.15, 0.2) is 5.38 Å². The molecule has 0 spiro atoms. The molecule has 0 radical (unpaired) electrons. The number of aryl methyl sites for hydroxylation is 1. The fourth-order valence-corrected chi connectivity index (χ4v) is 2.39.